The molecule has 6 nitrogen and oxygen atoms in total. The van der Waals surface area contributed by atoms with Crippen molar-refractivity contribution in [1.82, 2.24) is 24.8 Å². The van der Waals surface area contributed by atoms with Crippen molar-refractivity contribution in [3.8, 4) is 0 Å². The lowest BCUT2D eigenvalue weighted by Crippen LogP contribution is -2.32. The van der Waals surface area contributed by atoms with Gasteiger partial charge in [0.2, 0.25) is 0 Å². The molecule has 2 heterocycles. The van der Waals surface area contributed by atoms with Gasteiger partial charge in [-0.1, -0.05) is 12.1 Å². The average Bonchev–Trinajstić information content (AvgIpc) is 3.01. The highest BCUT2D eigenvalue weighted by Crippen LogP contribution is 2.24. The summed E-state index contributed by atoms with van der Waals surface area (Å²) in [7, 11) is 1.90. The zero-order chi connectivity index (χ0) is 14.1. The summed E-state index contributed by atoms with van der Waals surface area (Å²) in [5.41, 5.74) is 5.92. The van der Waals surface area contributed by atoms with Crippen LogP contribution in [0.3, 0.4) is 0 Å². The third kappa shape index (κ3) is 2.24. The molecule has 1 aromatic carbocycles. The maximum absolute atomic E-state index is 5.72. The van der Waals surface area contributed by atoms with Gasteiger partial charge in [-0.05, 0) is 28.1 Å². The van der Waals surface area contributed by atoms with E-state index in [1.54, 1.807) is 6.20 Å². The van der Waals surface area contributed by atoms with E-state index in [4.69, 9.17) is 5.84 Å². The van der Waals surface area contributed by atoms with Gasteiger partial charge in [0, 0.05) is 13.6 Å². The summed E-state index contributed by atoms with van der Waals surface area (Å²) in [6.07, 6.45) is 3.60. The van der Waals surface area contributed by atoms with Gasteiger partial charge in [0.25, 0.3) is 0 Å². The van der Waals surface area contributed by atoms with Gasteiger partial charge in [-0.25, -0.2) is 10.4 Å². The van der Waals surface area contributed by atoms with Crippen LogP contribution in [-0.4, -0.2) is 19.3 Å². The molecule has 104 valence electrons. The van der Waals surface area contributed by atoms with E-state index in [-0.39, 0.29) is 6.04 Å². The van der Waals surface area contributed by atoms with Gasteiger partial charge >= 0.3 is 0 Å². The number of aromatic nitrogens is 4. The highest BCUT2D eigenvalue weighted by molar-refractivity contribution is 9.10. The lowest BCUT2D eigenvalue weighted by molar-refractivity contribution is 0.450. The average molecular weight is 335 g/mol. The molecular weight excluding hydrogens is 320 g/mol. The predicted molar refractivity (Wildman–Crippen MR) is 80.7 cm³/mol. The summed E-state index contributed by atoms with van der Waals surface area (Å²) in [6, 6.07) is 7.97. The molecule has 0 aliphatic carbocycles. The topological polar surface area (TPSA) is 73.7 Å². The fraction of sp³-hybridized carbons (Fsp3) is 0.231. The molecule has 0 radical (unpaired) electrons. The lowest BCUT2D eigenvalue weighted by atomic mass is 10.2. The van der Waals surface area contributed by atoms with Crippen molar-refractivity contribution >= 4 is 27.0 Å². The van der Waals surface area contributed by atoms with E-state index < -0.39 is 0 Å². The first kappa shape index (κ1) is 13.3. The van der Waals surface area contributed by atoms with Gasteiger partial charge in [-0.2, -0.15) is 5.10 Å². The normalized spacial score (nSPS) is 12.9. The van der Waals surface area contributed by atoms with E-state index in [0.29, 0.717) is 6.54 Å². The third-order valence-corrected chi connectivity index (χ3v) is 3.99. The van der Waals surface area contributed by atoms with Crippen molar-refractivity contribution in [1.29, 1.82) is 0 Å². The summed E-state index contributed by atoms with van der Waals surface area (Å²) in [5, 5.41) is 4.23. The number of hydrogen-bond acceptors (Lipinski definition) is 4. The first-order chi connectivity index (χ1) is 9.70. The highest BCUT2D eigenvalue weighted by atomic mass is 79.9. The Labute approximate surface area is 124 Å². The van der Waals surface area contributed by atoms with Crippen molar-refractivity contribution in [2.45, 2.75) is 12.6 Å². The first-order valence-corrected chi connectivity index (χ1v) is 7.03. The zero-order valence-electron chi connectivity index (χ0n) is 11.0. The quantitative estimate of drug-likeness (QED) is 0.563. The molecular formula is C13H15BrN6. The van der Waals surface area contributed by atoms with Gasteiger partial charge in [0.15, 0.2) is 0 Å². The van der Waals surface area contributed by atoms with Crippen LogP contribution in [0, 0.1) is 0 Å². The molecule has 1 unspecified atom stereocenters. The number of nitrogens with one attached hydrogen (secondary N) is 1. The van der Waals surface area contributed by atoms with Crippen molar-refractivity contribution in [3.63, 3.8) is 0 Å². The fourth-order valence-corrected chi connectivity index (χ4v) is 3.01. The Kier molecular flexibility index (Phi) is 3.56. The van der Waals surface area contributed by atoms with Crippen LogP contribution < -0.4 is 11.3 Å². The first-order valence-electron chi connectivity index (χ1n) is 6.24. The number of imidazole rings is 1. The van der Waals surface area contributed by atoms with Gasteiger partial charge in [0.1, 0.15) is 0 Å². The molecule has 0 spiro atoms. The van der Waals surface area contributed by atoms with Crippen molar-refractivity contribution in [2.24, 2.45) is 12.9 Å². The van der Waals surface area contributed by atoms with Crippen LogP contribution in [0.5, 0.6) is 0 Å². The summed E-state index contributed by atoms with van der Waals surface area (Å²) in [6.45, 7) is 0.676. The largest absolute Gasteiger partial charge is 0.329 e. The summed E-state index contributed by atoms with van der Waals surface area (Å²) >= 11 is 3.51. The van der Waals surface area contributed by atoms with Crippen LogP contribution in [0.25, 0.3) is 11.0 Å². The Bertz CT molecular complexity index is 712. The van der Waals surface area contributed by atoms with Crippen LogP contribution in [0.15, 0.2) is 41.3 Å². The zero-order valence-corrected chi connectivity index (χ0v) is 12.6. The Morgan fingerprint density at radius 3 is 2.90 bits per heavy atom. The van der Waals surface area contributed by atoms with Crippen molar-refractivity contribution in [3.05, 3.63) is 47.0 Å². The summed E-state index contributed by atoms with van der Waals surface area (Å²) in [4.78, 5) is 4.39. The maximum Gasteiger partial charge on any atom is 0.0958 e. The summed E-state index contributed by atoms with van der Waals surface area (Å²) in [5.74, 6) is 5.72. The Morgan fingerprint density at radius 1 is 1.40 bits per heavy atom. The van der Waals surface area contributed by atoms with Crippen LogP contribution in [0.1, 0.15) is 11.7 Å². The molecule has 0 saturated heterocycles. The maximum atomic E-state index is 5.72. The van der Waals surface area contributed by atoms with Gasteiger partial charge in [-0.3, -0.25) is 10.5 Å². The fourth-order valence-electron chi connectivity index (χ4n) is 2.38. The Balaban J connectivity index is 1.96. The van der Waals surface area contributed by atoms with E-state index in [2.05, 4.69) is 36.0 Å². The van der Waals surface area contributed by atoms with Crippen molar-refractivity contribution in [2.75, 3.05) is 0 Å². The molecule has 0 fully saturated rings. The molecule has 0 saturated carbocycles. The number of benzene rings is 1. The Hall–Kier alpha value is -1.70. The minimum atomic E-state index is -0.0607. The number of halogens is 1. The number of para-hydroxylation sites is 2. The molecule has 0 amide bonds. The van der Waals surface area contributed by atoms with E-state index >= 15 is 0 Å². The summed E-state index contributed by atoms with van der Waals surface area (Å²) < 4.78 is 4.83. The van der Waals surface area contributed by atoms with Crippen molar-refractivity contribution < 1.29 is 0 Å². The molecule has 0 aliphatic heterocycles. The van der Waals surface area contributed by atoms with Gasteiger partial charge in [0.05, 0.1) is 39.8 Å². The van der Waals surface area contributed by atoms with Gasteiger partial charge in [-0.15, -0.1) is 0 Å². The predicted octanol–water partition coefficient (Wildman–Crippen LogP) is 1.74. The van der Waals surface area contributed by atoms with E-state index in [9.17, 15) is 0 Å². The second kappa shape index (κ2) is 5.35. The van der Waals surface area contributed by atoms with E-state index in [1.807, 2.05) is 42.3 Å². The number of nitrogens with two attached hydrogens (primary N) is 1. The van der Waals surface area contributed by atoms with Crippen LogP contribution in [0.2, 0.25) is 0 Å². The van der Waals surface area contributed by atoms with E-state index in [1.165, 1.54) is 0 Å². The van der Waals surface area contributed by atoms with Gasteiger partial charge < -0.3 is 4.57 Å². The number of hydrogen-bond donors (Lipinski definition) is 2. The van der Waals surface area contributed by atoms with Crippen LogP contribution >= 0.6 is 15.9 Å². The number of rotatable bonds is 4. The molecule has 0 aliphatic rings. The highest BCUT2D eigenvalue weighted by Gasteiger charge is 2.19. The number of hydrazine groups is 1. The third-order valence-electron chi connectivity index (χ3n) is 3.38. The second-order valence-corrected chi connectivity index (χ2v) is 5.46. The lowest BCUT2D eigenvalue weighted by Gasteiger charge is -2.18. The molecule has 3 N–H and O–H groups in total. The molecule has 3 aromatic rings. The molecule has 0 bridgehead atoms. The van der Waals surface area contributed by atoms with Crippen LogP contribution in [-0.2, 0) is 13.6 Å². The second-order valence-electron chi connectivity index (χ2n) is 4.61. The molecule has 1 atom stereocenters. The monoisotopic (exact) mass is 334 g/mol. The molecule has 20 heavy (non-hydrogen) atoms. The number of aryl methyl sites for hydroxylation is 1. The Morgan fingerprint density at radius 2 is 2.20 bits per heavy atom. The molecule has 7 heteroatoms. The SMILES string of the molecule is Cn1ncc(Br)c1C(Cn1cnc2ccccc21)NN. The minimum absolute atomic E-state index is 0.0607. The molecule has 3 rings (SSSR count). The standard InChI is InChI=1S/C13H15BrN6/c1-19-13(9(14)6-17-19)11(18-15)7-20-8-16-10-4-2-3-5-12(10)20/h2-6,8,11,18H,7,15H2,1H3. The number of fused-ring (bicyclic) bond motifs is 1. The smallest absolute Gasteiger partial charge is 0.0958 e. The molecule has 2 aromatic heterocycles. The number of nitrogens with zero attached hydrogens (tertiary/aromatic N) is 4. The van der Waals surface area contributed by atoms with Crippen LogP contribution in [0.4, 0.5) is 0 Å². The minimum Gasteiger partial charge on any atom is -0.329 e. The van der Waals surface area contributed by atoms with E-state index in [0.717, 1.165) is 21.2 Å².